The van der Waals surface area contributed by atoms with E-state index in [1.807, 2.05) is 38.2 Å². The van der Waals surface area contributed by atoms with Gasteiger partial charge in [0.25, 0.3) is 0 Å². The van der Waals surface area contributed by atoms with Crippen molar-refractivity contribution in [3.05, 3.63) is 69.5 Å². The van der Waals surface area contributed by atoms with Gasteiger partial charge in [-0.25, -0.2) is 4.39 Å². The fraction of sp³-hybridized carbons (Fsp3) is 0.250. The largest absolute Gasteiger partial charge is 0.309 e. The monoisotopic (exact) mass is 277 g/mol. The second kappa shape index (κ2) is 5.72. The van der Waals surface area contributed by atoms with Crippen LogP contribution in [0.4, 0.5) is 4.39 Å². The van der Waals surface area contributed by atoms with Crippen LogP contribution in [0.25, 0.3) is 0 Å². The Kier molecular flexibility index (Phi) is 4.23. The molecule has 0 amide bonds. The molecule has 0 bridgehead atoms. The number of hydrogen-bond donors (Lipinski definition) is 1. The lowest BCUT2D eigenvalue weighted by Crippen LogP contribution is -2.19. The topological polar surface area (TPSA) is 12.0 Å². The molecule has 3 heteroatoms. The average molecular weight is 278 g/mol. The van der Waals surface area contributed by atoms with Crippen LogP contribution < -0.4 is 5.32 Å². The Hall–Kier alpha value is -1.38. The molecule has 0 aliphatic rings. The minimum absolute atomic E-state index is 0.0132. The molecular weight excluding hydrogens is 261 g/mol. The summed E-state index contributed by atoms with van der Waals surface area (Å²) in [4.78, 5) is 0. The van der Waals surface area contributed by atoms with E-state index in [2.05, 4.69) is 12.2 Å². The van der Waals surface area contributed by atoms with E-state index in [9.17, 15) is 4.39 Å². The average Bonchev–Trinajstić information content (AvgIpc) is 2.36. The smallest absolute Gasteiger partial charge is 0.123 e. The lowest BCUT2D eigenvalue weighted by molar-refractivity contribution is 0.621. The molecule has 0 fully saturated rings. The van der Waals surface area contributed by atoms with Crippen molar-refractivity contribution in [2.24, 2.45) is 0 Å². The highest BCUT2D eigenvalue weighted by Crippen LogP contribution is 2.29. The highest BCUT2D eigenvalue weighted by Gasteiger charge is 2.16. The second-order valence-electron chi connectivity index (χ2n) is 4.72. The van der Waals surface area contributed by atoms with Crippen molar-refractivity contribution in [2.45, 2.75) is 19.9 Å². The predicted octanol–water partition coefficient (Wildman–Crippen LogP) is 4.40. The first-order valence-corrected chi connectivity index (χ1v) is 6.60. The van der Waals surface area contributed by atoms with Crippen LogP contribution in [0.1, 0.15) is 28.3 Å². The summed E-state index contributed by atoms with van der Waals surface area (Å²) in [6.45, 7) is 3.97. The molecule has 0 aliphatic carbocycles. The first kappa shape index (κ1) is 14.0. The van der Waals surface area contributed by atoms with Gasteiger partial charge in [0, 0.05) is 5.02 Å². The van der Waals surface area contributed by atoms with Crippen molar-refractivity contribution in [2.75, 3.05) is 7.05 Å². The number of rotatable bonds is 3. The summed E-state index contributed by atoms with van der Waals surface area (Å²) in [6.07, 6.45) is 0. The van der Waals surface area contributed by atoms with Crippen LogP contribution in [0.5, 0.6) is 0 Å². The van der Waals surface area contributed by atoms with Gasteiger partial charge in [0.1, 0.15) is 5.82 Å². The van der Waals surface area contributed by atoms with Crippen LogP contribution in [-0.2, 0) is 0 Å². The maximum Gasteiger partial charge on any atom is 0.123 e. The quantitative estimate of drug-likeness (QED) is 0.876. The Labute approximate surface area is 118 Å². The molecule has 0 saturated heterocycles. The Morgan fingerprint density at radius 3 is 2.37 bits per heavy atom. The van der Waals surface area contributed by atoms with Gasteiger partial charge in [-0.1, -0.05) is 23.7 Å². The highest BCUT2D eigenvalue weighted by molar-refractivity contribution is 6.30. The van der Waals surface area contributed by atoms with Crippen LogP contribution in [0.2, 0.25) is 5.02 Å². The number of benzene rings is 2. The number of nitrogens with one attached hydrogen (secondary N) is 1. The van der Waals surface area contributed by atoms with Crippen LogP contribution in [0, 0.1) is 19.7 Å². The molecule has 1 unspecified atom stereocenters. The molecule has 19 heavy (non-hydrogen) atoms. The summed E-state index contributed by atoms with van der Waals surface area (Å²) in [6, 6.07) is 10.7. The molecule has 0 spiro atoms. The normalized spacial score (nSPS) is 12.5. The van der Waals surface area contributed by atoms with E-state index >= 15 is 0 Å². The van der Waals surface area contributed by atoms with Gasteiger partial charge in [-0.2, -0.15) is 0 Å². The van der Waals surface area contributed by atoms with Crippen molar-refractivity contribution >= 4 is 11.6 Å². The maximum atomic E-state index is 13.2. The number of aryl methyl sites for hydroxylation is 2. The molecular formula is C16H17ClFN. The molecule has 0 aliphatic heterocycles. The molecule has 2 rings (SSSR count). The third kappa shape index (κ3) is 2.96. The summed E-state index contributed by atoms with van der Waals surface area (Å²) in [5.74, 6) is -0.209. The second-order valence-corrected chi connectivity index (χ2v) is 5.16. The fourth-order valence-corrected chi connectivity index (χ4v) is 2.54. The van der Waals surface area contributed by atoms with Gasteiger partial charge < -0.3 is 5.32 Å². The minimum Gasteiger partial charge on any atom is -0.309 e. The number of hydrogen-bond acceptors (Lipinski definition) is 1. The summed E-state index contributed by atoms with van der Waals surface area (Å²) < 4.78 is 13.2. The molecule has 0 saturated carbocycles. The zero-order chi connectivity index (χ0) is 14.0. The molecule has 0 radical (unpaired) electrons. The van der Waals surface area contributed by atoms with Crippen molar-refractivity contribution < 1.29 is 4.39 Å². The third-order valence-corrected chi connectivity index (χ3v) is 3.62. The van der Waals surface area contributed by atoms with Gasteiger partial charge >= 0.3 is 0 Å². The van der Waals surface area contributed by atoms with Gasteiger partial charge in [0.2, 0.25) is 0 Å². The lowest BCUT2D eigenvalue weighted by atomic mass is 9.92. The van der Waals surface area contributed by atoms with Crippen molar-refractivity contribution in [3.8, 4) is 0 Å². The zero-order valence-corrected chi connectivity index (χ0v) is 12.1. The Bertz CT molecular complexity index is 595. The first-order chi connectivity index (χ1) is 9.02. The SMILES string of the molecule is CNC(c1ccc(F)cc1C)c1cc(Cl)ccc1C. The highest BCUT2D eigenvalue weighted by atomic mass is 35.5. The van der Waals surface area contributed by atoms with Gasteiger partial charge in [0.05, 0.1) is 6.04 Å². The Morgan fingerprint density at radius 2 is 1.74 bits per heavy atom. The molecule has 0 heterocycles. The van der Waals surface area contributed by atoms with E-state index in [4.69, 9.17) is 11.6 Å². The maximum absolute atomic E-state index is 13.2. The fourth-order valence-electron chi connectivity index (χ4n) is 2.36. The van der Waals surface area contributed by atoms with Crippen LogP contribution in [-0.4, -0.2) is 7.05 Å². The minimum atomic E-state index is -0.209. The molecule has 100 valence electrons. The van der Waals surface area contributed by atoms with Crippen molar-refractivity contribution in [1.82, 2.24) is 5.32 Å². The Balaban J connectivity index is 2.52. The van der Waals surface area contributed by atoms with E-state index < -0.39 is 0 Å². The molecule has 1 nitrogen and oxygen atoms in total. The van der Waals surface area contributed by atoms with E-state index in [1.165, 1.54) is 6.07 Å². The van der Waals surface area contributed by atoms with Crippen LogP contribution in [0.15, 0.2) is 36.4 Å². The van der Waals surface area contributed by atoms with Crippen molar-refractivity contribution in [1.29, 1.82) is 0 Å². The van der Waals surface area contributed by atoms with E-state index in [0.717, 1.165) is 22.3 Å². The van der Waals surface area contributed by atoms with E-state index in [0.29, 0.717) is 5.02 Å². The van der Waals surface area contributed by atoms with Crippen molar-refractivity contribution in [3.63, 3.8) is 0 Å². The predicted molar refractivity (Wildman–Crippen MR) is 78.2 cm³/mol. The Morgan fingerprint density at radius 1 is 1.00 bits per heavy atom. The van der Waals surface area contributed by atoms with E-state index in [-0.39, 0.29) is 11.9 Å². The van der Waals surface area contributed by atoms with Crippen LogP contribution in [0.3, 0.4) is 0 Å². The standard InChI is InChI=1S/C16H17ClFN/c1-10-4-5-12(17)9-15(10)16(19-3)14-7-6-13(18)8-11(14)2/h4-9,16,19H,1-3H3. The summed E-state index contributed by atoms with van der Waals surface area (Å²) in [5.41, 5.74) is 4.27. The molecule has 1 atom stereocenters. The zero-order valence-electron chi connectivity index (χ0n) is 11.3. The molecule has 2 aromatic carbocycles. The van der Waals surface area contributed by atoms with Gasteiger partial charge in [-0.3, -0.25) is 0 Å². The first-order valence-electron chi connectivity index (χ1n) is 6.22. The van der Waals surface area contributed by atoms with Gasteiger partial charge in [0.15, 0.2) is 0 Å². The number of halogens is 2. The summed E-state index contributed by atoms with van der Waals surface area (Å²) in [5, 5.41) is 3.99. The summed E-state index contributed by atoms with van der Waals surface area (Å²) >= 11 is 6.08. The van der Waals surface area contributed by atoms with E-state index in [1.54, 1.807) is 6.07 Å². The molecule has 0 aromatic heterocycles. The molecule has 2 aromatic rings. The third-order valence-electron chi connectivity index (χ3n) is 3.38. The summed E-state index contributed by atoms with van der Waals surface area (Å²) in [7, 11) is 1.90. The van der Waals surface area contributed by atoms with Gasteiger partial charge in [-0.05, 0) is 67.4 Å². The lowest BCUT2D eigenvalue weighted by Gasteiger charge is -2.21. The van der Waals surface area contributed by atoms with Crippen LogP contribution >= 0.6 is 11.6 Å². The molecule has 1 N–H and O–H groups in total. The van der Waals surface area contributed by atoms with Gasteiger partial charge in [-0.15, -0.1) is 0 Å².